The van der Waals surface area contributed by atoms with E-state index in [-0.39, 0.29) is 17.2 Å². The molecule has 1 aliphatic rings. The average Bonchev–Trinajstić information content (AvgIpc) is 2.33. The summed E-state index contributed by atoms with van der Waals surface area (Å²) in [5.74, 6) is 0. The van der Waals surface area contributed by atoms with Gasteiger partial charge in [0.05, 0.1) is 12.6 Å². The molecule has 5 heteroatoms. The van der Waals surface area contributed by atoms with Gasteiger partial charge >= 0.3 is 6.09 Å². The van der Waals surface area contributed by atoms with E-state index in [0.29, 0.717) is 13.2 Å². The lowest BCUT2D eigenvalue weighted by Crippen LogP contribution is -2.51. The van der Waals surface area contributed by atoms with Crippen molar-refractivity contribution in [1.29, 1.82) is 0 Å². The highest BCUT2D eigenvalue weighted by Crippen LogP contribution is 2.37. The maximum atomic E-state index is 12.5. The van der Waals surface area contributed by atoms with Crippen LogP contribution in [0.3, 0.4) is 0 Å². The van der Waals surface area contributed by atoms with Gasteiger partial charge in [-0.2, -0.15) is 0 Å². The first-order chi connectivity index (χ1) is 10.2. The van der Waals surface area contributed by atoms with E-state index in [4.69, 9.17) is 9.16 Å². The lowest BCUT2D eigenvalue weighted by atomic mass is 9.98. The molecule has 0 saturated carbocycles. The number of likely N-dealkylation sites (tertiary alicyclic amines) is 1. The maximum Gasteiger partial charge on any atom is 0.410 e. The van der Waals surface area contributed by atoms with E-state index in [9.17, 15) is 4.79 Å². The Morgan fingerprint density at radius 3 is 2.30 bits per heavy atom. The third-order valence-electron chi connectivity index (χ3n) is 4.78. The Bertz CT molecular complexity index is 446. The number of hydrogen-bond acceptors (Lipinski definition) is 3. The molecular formula is C18H35NO3Si. The van der Waals surface area contributed by atoms with Crippen LogP contribution in [0.4, 0.5) is 4.79 Å². The first-order valence-electron chi connectivity index (χ1n) is 8.56. The molecule has 1 rings (SSSR count). The third kappa shape index (κ3) is 5.64. The Kier molecular flexibility index (Phi) is 6.13. The molecular weight excluding hydrogens is 306 g/mol. The molecule has 0 aromatic rings. The fraction of sp³-hybridized carbons (Fsp3) is 0.833. The van der Waals surface area contributed by atoms with Gasteiger partial charge in [-0.3, -0.25) is 4.90 Å². The first-order valence-corrected chi connectivity index (χ1v) is 11.5. The van der Waals surface area contributed by atoms with Crippen LogP contribution in [0, 0.1) is 0 Å². The zero-order valence-corrected chi connectivity index (χ0v) is 17.3. The largest absolute Gasteiger partial charge is 0.444 e. The molecule has 1 fully saturated rings. The van der Waals surface area contributed by atoms with Gasteiger partial charge in [-0.05, 0) is 51.7 Å². The summed E-state index contributed by atoms with van der Waals surface area (Å²) in [7, 11) is -1.85. The highest BCUT2D eigenvalue weighted by atomic mass is 28.4. The molecule has 1 unspecified atom stereocenters. The average molecular weight is 342 g/mol. The Labute approximate surface area is 143 Å². The van der Waals surface area contributed by atoms with Gasteiger partial charge in [0.15, 0.2) is 8.32 Å². The van der Waals surface area contributed by atoms with Crippen molar-refractivity contribution < 1.29 is 14.0 Å². The molecule has 1 atom stereocenters. The quantitative estimate of drug-likeness (QED) is 0.538. The van der Waals surface area contributed by atoms with E-state index >= 15 is 0 Å². The highest BCUT2D eigenvalue weighted by Gasteiger charge is 2.40. The predicted octanol–water partition coefficient (Wildman–Crippen LogP) is 4.96. The second-order valence-corrected chi connectivity index (χ2v) is 13.8. The molecule has 0 aromatic heterocycles. The number of nitrogens with zero attached hydrogens (tertiary/aromatic N) is 1. The van der Waals surface area contributed by atoms with E-state index in [0.717, 1.165) is 18.4 Å². The molecule has 0 aromatic carbocycles. The van der Waals surface area contributed by atoms with Crippen LogP contribution in [-0.2, 0) is 9.16 Å². The van der Waals surface area contributed by atoms with Crippen molar-refractivity contribution in [1.82, 2.24) is 4.90 Å². The second kappa shape index (κ2) is 6.97. The van der Waals surface area contributed by atoms with Crippen molar-refractivity contribution in [3.05, 3.63) is 12.2 Å². The molecule has 0 bridgehead atoms. The van der Waals surface area contributed by atoms with Crippen molar-refractivity contribution in [2.75, 3.05) is 13.2 Å². The summed E-state index contributed by atoms with van der Waals surface area (Å²) in [6.45, 7) is 22.2. The van der Waals surface area contributed by atoms with E-state index in [1.807, 2.05) is 20.8 Å². The van der Waals surface area contributed by atoms with E-state index in [1.54, 1.807) is 4.90 Å². The van der Waals surface area contributed by atoms with Gasteiger partial charge in [0.2, 0.25) is 0 Å². The van der Waals surface area contributed by atoms with Crippen molar-refractivity contribution in [3.63, 3.8) is 0 Å². The van der Waals surface area contributed by atoms with Gasteiger partial charge in [0.1, 0.15) is 5.60 Å². The monoisotopic (exact) mass is 341 g/mol. The minimum Gasteiger partial charge on any atom is -0.444 e. The molecule has 1 aliphatic heterocycles. The summed E-state index contributed by atoms with van der Waals surface area (Å²) in [6, 6.07) is -0.0762. The van der Waals surface area contributed by atoms with Gasteiger partial charge in [0, 0.05) is 6.54 Å². The van der Waals surface area contributed by atoms with Gasteiger partial charge in [-0.15, -0.1) is 0 Å². The zero-order valence-electron chi connectivity index (χ0n) is 16.3. The number of amides is 1. The smallest absolute Gasteiger partial charge is 0.410 e. The van der Waals surface area contributed by atoms with Crippen molar-refractivity contribution >= 4 is 14.4 Å². The number of carbonyl (C=O) groups is 1. The van der Waals surface area contributed by atoms with Crippen LogP contribution in [0.1, 0.15) is 54.4 Å². The summed E-state index contributed by atoms with van der Waals surface area (Å²) in [4.78, 5) is 14.3. The van der Waals surface area contributed by atoms with Crippen LogP contribution >= 0.6 is 0 Å². The first kappa shape index (κ1) is 20.2. The van der Waals surface area contributed by atoms with E-state index < -0.39 is 13.9 Å². The second-order valence-electron chi connectivity index (χ2n) is 9.02. The lowest BCUT2D eigenvalue weighted by molar-refractivity contribution is 0.0104. The van der Waals surface area contributed by atoms with Gasteiger partial charge in [-0.1, -0.05) is 32.9 Å². The zero-order chi connectivity index (χ0) is 18.1. The van der Waals surface area contributed by atoms with Gasteiger partial charge < -0.3 is 9.16 Å². The molecule has 0 spiro atoms. The van der Waals surface area contributed by atoms with Gasteiger partial charge in [0.25, 0.3) is 0 Å². The topological polar surface area (TPSA) is 38.8 Å². The number of carbonyl (C=O) groups excluding carboxylic acids is 1. The molecule has 1 heterocycles. The van der Waals surface area contributed by atoms with Crippen LogP contribution in [0.25, 0.3) is 0 Å². The number of rotatable bonds is 3. The molecule has 1 saturated heterocycles. The summed E-state index contributed by atoms with van der Waals surface area (Å²) in [5.41, 5.74) is 0.585. The molecule has 0 N–H and O–H groups in total. The molecule has 1 amide bonds. The van der Waals surface area contributed by atoms with Crippen LogP contribution in [0.5, 0.6) is 0 Å². The standard InChI is InChI=1S/C18H35NO3Si/c1-14-11-10-12-19(16(20)22-17(2,3)4)15(14)13-21-23(8,9)18(5,6)7/h15H,1,10-13H2,2-9H3. The number of piperidine rings is 1. The van der Waals surface area contributed by atoms with E-state index in [2.05, 4.69) is 40.4 Å². The maximum absolute atomic E-state index is 12.5. The van der Waals surface area contributed by atoms with Crippen molar-refractivity contribution in [2.45, 2.75) is 84.2 Å². The van der Waals surface area contributed by atoms with E-state index in [1.165, 1.54) is 0 Å². The lowest BCUT2D eigenvalue weighted by Gasteiger charge is -2.42. The normalized spacial score (nSPS) is 20.6. The summed E-state index contributed by atoms with van der Waals surface area (Å²) >= 11 is 0. The molecule has 134 valence electrons. The molecule has 0 aliphatic carbocycles. The highest BCUT2D eigenvalue weighted by molar-refractivity contribution is 6.74. The molecule has 0 radical (unpaired) electrons. The Balaban J connectivity index is 2.82. The Morgan fingerprint density at radius 2 is 1.83 bits per heavy atom. The van der Waals surface area contributed by atoms with Crippen molar-refractivity contribution in [2.24, 2.45) is 0 Å². The Hall–Kier alpha value is -0.813. The van der Waals surface area contributed by atoms with Crippen LogP contribution in [0.15, 0.2) is 12.2 Å². The number of ether oxygens (including phenoxy) is 1. The van der Waals surface area contributed by atoms with Crippen LogP contribution in [0.2, 0.25) is 18.1 Å². The fourth-order valence-corrected chi connectivity index (χ4v) is 3.28. The Morgan fingerprint density at radius 1 is 1.26 bits per heavy atom. The van der Waals surface area contributed by atoms with Gasteiger partial charge in [-0.25, -0.2) is 4.79 Å². The number of hydrogen-bond donors (Lipinski definition) is 0. The molecule has 23 heavy (non-hydrogen) atoms. The minimum absolute atomic E-state index is 0.0762. The SMILES string of the molecule is C=C1CCCN(C(=O)OC(C)(C)C)C1CO[Si](C)(C)C(C)(C)C. The van der Waals surface area contributed by atoms with Crippen molar-refractivity contribution in [3.8, 4) is 0 Å². The predicted molar refractivity (Wildman–Crippen MR) is 98.3 cm³/mol. The fourth-order valence-electron chi connectivity index (χ4n) is 2.27. The van der Waals surface area contributed by atoms with Crippen LogP contribution in [-0.4, -0.2) is 44.1 Å². The summed E-state index contributed by atoms with van der Waals surface area (Å²) in [6.07, 6.45) is 1.63. The van der Waals surface area contributed by atoms with Crippen LogP contribution < -0.4 is 0 Å². The minimum atomic E-state index is -1.85. The summed E-state index contributed by atoms with van der Waals surface area (Å²) in [5, 5.41) is 0.153. The molecule has 4 nitrogen and oxygen atoms in total. The third-order valence-corrected chi connectivity index (χ3v) is 9.28. The summed E-state index contributed by atoms with van der Waals surface area (Å²) < 4.78 is 11.9.